The normalized spacial score (nSPS) is 14.1. The molecule has 10 heteroatoms. The molecule has 8 nitrogen and oxygen atoms in total. The average Bonchev–Trinajstić information content (AvgIpc) is 2.94. The molecule has 20 heavy (non-hydrogen) atoms. The van der Waals surface area contributed by atoms with Crippen molar-refractivity contribution in [1.82, 2.24) is 19.0 Å². The number of hydrogen-bond acceptors (Lipinski definition) is 7. The molecule has 2 heterocycles. The summed E-state index contributed by atoms with van der Waals surface area (Å²) in [4.78, 5) is 6.64. The maximum absolute atomic E-state index is 12.4. The molecular formula is C10H18N6O2S2. The molecule has 0 aliphatic rings. The van der Waals surface area contributed by atoms with Crippen LogP contribution >= 0.6 is 11.3 Å². The summed E-state index contributed by atoms with van der Waals surface area (Å²) in [7, 11) is 0.0844. The van der Waals surface area contributed by atoms with Crippen molar-refractivity contribution < 1.29 is 8.42 Å². The number of hydrogen-bond donors (Lipinski definition) is 3. The van der Waals surface area contributed by atoms with E-state index >= 15 is 0 Å². The Morgan fingerprint density at radius 3 is 2.85 bits per heavy atom. The van der Waals surface area contributed by atoms with Gasteiger partial charge in [0.1, 0.15) is 0 Å². The molecule has 112 valence electrons. The lowest BCUT2D eigenvalue weighted by Crippen LogP contribution is -2.38. The van der Waals surface area contributed by atoms with Gasteiger partial charge in [0.15, 0.2) is 10.8 Å². The first kappa shape index (κ1) is 15.2. The Morgan fingerprint density at radius 2 is 2.25 bits per heavy atom. The number of thiazole rings is 1. The molecular weight excluding hydrogens is 300 g/mol. The summed E-state index contributed by atoms with van der Waals surface area (Å²) in [5, 5.41) is 1.80. The van der Waals surface area contributed by atoms with E-state index in [1.807, 2.05) is 25.9 Å². The minimum Gasteiger partial charge on any atom is -0.306 e. The molecule has 0 aliphatic carbocycles. The van der Waals surface area contributed by atoms with Crippen LogP contribution in [0.15, 0.2) is 16.6 Å². The molecule has 0 amide bonds. The number of sulfonamides is 1. The summed E-state index contributed by atoms with van der Waals surface area (Å²) in [5.41, 5.74) is 2.33. The van der Waals surface area contributed by atoms with Crippen molar-refractivity contribution >= 4 is 32.1 Å². The molecule has 1 unspecified atom stereocenters. The zero-order valence-electron chi connectivity index (χ0n) is 11.5. The summed E-state index contributed by atoms with van der Waals surface area (Å²) in [6, 6.07) is 0.0740. The second kappa shape index (κ2) is 5.66. The number of anilines is 1. The minimum absolute atomic E-state index is 0.0298. The highest BCUT2D eigenvalue weighted by molar-refractivity contribution is 7.89. The first-order valence-electron chi connectivity index (χ1n) is 5.95. The maximum Gasteiger partial charge on any atom is 0.260 e. The van der Waals surface area contributed by atoms with Gasteiger partial charge in [0.25, 0.3) is 10.0 Å². The Kier molecular flexibility index (Phi) is 4.30. The minimum atomic E-state index is -3.70. The predicted molar refractivity (Wildman–Crippen MR) is 79.2 cm³/mol. The zero-order valence-corrected chi connectivity index (χ0v) is 13.1. The molecule has 0 saturated carbocycles. The number of aromatic nitrogens is 2. The van der Waals surface area contributed by atoms with E-state index in [1.54, 1.807) is 11.6 Å². The lowest BCUT2D eigenvalue weighted by molar-refractivity contribution is 0.314. The van der Waals surface area contributed by atoms with E-state index in [2.05, 4.69) is 15.1 Å². The number of likely N-dealkylation sites (N-methyl/N-ethyl adjacent to an activating group) is 1. The average molecular weight is 318 g/mol. The van der Waals surface area contributed by atoms with Gasteiger partial charge in [-0.1, -0.05) is 0 Å². The molecule has 4 N–H and O–H groups in total. The first-order valence-corrected chi connectivity index (χ1v) is 8.31. The van der Waals surface area contributed by atoms with Crippen molar-refractivity contribution in [2.45, 2.75) is 18.0 Å². The van der Waals surface area contributed by atoms with Crippen molar-refractivity contribution in [2.24, 2.45) is 5.84 Å². The largest absolute Gasteiger partial charge is 0.306 e. The number of nitrogen functional groups attached to an aromatic ring is 1. The fraction of sp³-hybridized carbons (Fsp3) is 0.500. The Labute approximate surface area is 121 Å². The third-order valence-electron chi connectivity index (χ3n) is 3.06. The van der Waals surface area contributed by atoms with Gasteiger partial charge in [0.2, 0.25) is 5.03 Å². The molecule has 0 aliphatic heterocycles. The maximum atomic E-state index is 12.4. The van der Waals surface area contributed by atoms with Crippen molar-refractivity contribution in [3.05, 3.63) is 11.6 Å². The van der Waals surface area contributed by atoms with Gasteiger partial charge in [-0.25, -0.2) is 19.0 Å². The number of nitrogens with zero attached hydrogens (tertiary/aromatic N) is 3. The van der Waals surface area contributed by atoms with Crippen molar-refractivity contribution in [2.75, 3.05) is 26.1 Å². The van der Waals surface area contributed by atoms with Crippen LogP contribution in [-0.4, -0.2) is 49.4 Å². The van der Waals surface area contributed by atoms with Gasteiger partial charge < -0.3 is 10.3 Å². The number of rotatable bonds is 6. The third-order valence-corrected chi connectivity index (χ3v) is 5.26. The molecule has 0 spiro atoms. The topological polar surface area (TPSA) is 105 Å². The second-order valence-electron chi connectivity index (χ2n) is 4.63. The quantitative estimate of drug-likeness (QED) is 0.508. The van der Waals surface area contributed by atoms with Crippen molar-refractivity contribution in [3.8, 4) is 0 Å². The van der Waals surface area contributed by atoms with Gasteiger partial charge in [0.05, 0.1) is 0 Å². The highest BCUT2D eigenvalue weighted by Gasteiger charge is 2.26. The van der Waals surface area contributed by atoms with Crippen LogP contribution in [0.3, 0.4) is 0 Å². The Hall–Kier alpha value is -1.20. The zero-order chi connectivity index (χ0) is 14.9. The van der Waals surface area contributed by atoms with Gasteiger partial charge in [-0.2, -0.15) is 4.98 Å². The molecule has 0 fully saturated rings. The monoisotopic (exact) mass is 318 g/mol. The Balaban J connectivity index is 2.33. The van der Waals surface area contributed by atoms with E-state index in [0.717, 1.165) is 0 Å². The molecule has 1 atom stereocenters. The third kappa shape index (κ3) is 2.79. The predicted octanol–water partition coefficient (Wildman–Crippen LogP) is -0.0902. The number of nitrogens with two attached hydrogens (primary N) is 1. The summed E-state index contributed by atoms with van der Waals surface area (Å²) in [5.74, 6) is 5.49. The van der Waals surface area contributed by atoms with Crippen LogP contribution in [-0.2, 0) is 10.0 Å². The standard InChI is InChI=1S/C10H18N6O2S2/c1-7(15(2)3)6-12-20(17,18)9-8(14-11)13-10-16(9)4-5-19-10/h4-5,7,12,14H,6,11H2,1-3H3. The number of hydrazine groups is 1. The lowest BCUT2D eigenvalue weighted by Gasteiger charge is -2.19. The van der Waals surface area contributed by atoms with Crippen molar-refractivity contribution in [3.63, 3.8) is 0 Å². The van der Waals surface area contributed by atoms with Gasteiger partial charge in [0, 0.05) is 24.2 Å². The number of fused-ring (bicyclic) bond motifs is 1. The molecule has 0 bridgehead atoms. The fourth-order valence-corrected chi connectivity index (χ4v) is 3.73. The summed E-state index contributed by atoms with van der Waals surface area (Å²) >= 11 is 1.34. The molecule has 2 rings (SSSR count). The first-order chi connectivity index (χ1) is 9.36. The smallest absolute Gasteiger partial charge is 0.260 e. The highest BCUT2D eigenvalue weighted by atomic mass is 32.2. The lowest BCUT2D eigenvalue weighted by atomic mass is 10.3. The fourth-order valence-electron chi connectivity index (χ4n) is 1.60. The van der Waals surface area contributed by atoms with Crippen LogP contribution in [0.25, 0.3) is 4.96 Å². The van der Waals surface area contributed by atoms with E-state index in [0.29, 0.717) is 11.5 Å². The number of nitrogens with one attached hydrogen (secondary N) is 2. The van der Waals surface area contributed by atoms with E-state index in [9.17, 15) is 8.42 Å². The van der Waals surface area contributed by atoms with Gasteiger partial charge >= 0.3 is 0 Å². The molecule has 2 aromatic rings. The second-order valence-corrected chi connectivity index (χ2v) is 7.19. The van der Waals surface area contributed by atoms with Gasteiger partial charge in [-0.05, 0) is 21.0 Å². The SMILES string of the molecule is CC(CNS(=O)(=O)c1c(NN)nc2sccn12)N(C)C. The van der Waals surface area contributed by atoms with Crippen LogP contribution < -0.4 is 16.0 Å². The van der Waals surface area contributed by atoms with Crippen LogP contribution in [0.4, 0.5) is 5.82 Å². The molecule has 0 saturated heterocycles. The summed E-state index contributed by atoms with van der Waals surface area (Å²) in [6.45, 7) is 2.23. The summed E-state index contributed by atoms with van der Waals surface area (Å²) < 4.78 is 28.9. The van der Waals surface area contributed by atoms with E-state index in [4.69, 9.17) is 5.84 Å². The van der Waals surface area contributed by atoms with Gasteiger partial charge in [-0.3, -0.25) is 4.40 Å². The molecule has 0 aromatic carbocycles. The summed E-state index contributed by atoms with van der Waals surface area (Å²) in [6.07, 6.45) is 1.65. The van der Waals surface area contributed by atoms with E-state index in [1.165, 1.54) is 15.7 Å². The Morgan fingerprint density at radius 1 is 1.55 bits per heavy atom. The van der Waals surface area contributed by atoms with Crippen LogP contribution in [0.5, 0.6) is 0 Å². The van der Waals surface area contributed by atoms with Crippen LogP contribution in [0, 0.1) is 0 Å². The van der Waals surface area contributed by atoms with E-state index in [-0.39, 0.29) is 16.9 Å². The molecule has 2 aromatic heterocycles. The highest BCUT2D eigenvalue weighted by Crippen LogP contribution is 2.24. The number of imidazole rings is 1. The van der Waals surface area contributed by atoms with Gasteiger partial charge in [-0.15, -0.1) is 11.3 Å². The van der Waals surface area contributed by atoms with Crippen LogP contribution in [0.2, 0.25) is 0 Å². The van der Waals surface area contributed by atoms with Crippen LogP contribution in [0.1, 0.15) is 6.92 Å². The van der Waals surface area contributed by atoms with E-state index < -0.39 is 10.0 Å². The Bertz CT molecular complexity index is 690. The van der Waals surface area contributed by atoms with Crippen molar-refractivity contribution in [1.29, 1.82) is 0 Å². The molecule has 0 radical (unpaired) electrons.